The second-order valence-corrected chi connectivity index (χ2v) is 16.3. The fourth-order valence-electron chi connectivity index (χ4n) is 9.51. The smallest absolute Gasteiger partial charge is 0.317 e. The molecule has 2 N–H and O–H groups in total. The van der Waals surface area contributed by atoms with E-state index in [1.807, 2.05) is 30.5 Å². The van der Waals surface area contributed by atoms with Crippen molar-refractivity contribution in [1.82, 2.24) is 34.8 Å². The number of carbonyl (C=O) groups is 4. The van der Waals surface area contributed by atoms with Gasteiger partial charge in [0.05, 0.1) is 26.3 Å². The van der Waals surface area contributed by atoms with Crippen molar-refractivity contribution in [2.45, 2.75) is 57.8 Å². The van der Waals surface area contributed by atoms with E-state index in [1.54, 1.807) is 42.7 Å². The van der Waals surface area contributed by atoms with Crippen LogP contribution in [0.3, 0.4) is 0 Å². The number of piperidine rings is 2. The number of hydrogen-bond acceptors (Lipinski definition) is 10. The summed E-state index contributed by atoms with van der Waals surface area (Å²) in [4.78, 5) is 73.8. The van der Waals surface area contributed by atoms with E-state index in [-0.39, 0.29) is 42.3 Å². The Kier molecular flexibility index (Phi) is 11.2. The van der Waals surface area contributed by atoms with Crippen molar-refractivity contribution >= 4 is 29.4 Å². The molecular formula is C43H54N8O7. The van der Waals surface area contributed by atoms with Crippen LogP contribution in [0.1, 0.15) is 58.3 Å². The first kappa shape index (κ1) is 39.4. The molecule has 0 spiro atoms. The van der Waals surface area contributed by atoms with Gasteiger partial charge in [0, 0.05) is 115 Å². The third-order valence-electron chi connectivity index (χ3n) is 12.8. The third kappa shape index (κ3) is 7.64. The maximum Gasteiger partial charge on any atom is 0.317 e. The standard InChI is InChI=1S/C43H54N8O7/c1-44-43(56)50-14-11-31-33(24-46(2)41(54)34(31)26-50)29-19-37(57-3)35(38(20-29)58-4)25-48-17-15-47(16-18-48)22-27-9-12-49(13-10-27)30-6-5-28-23-51(42(55)32(28)21-30)36-7-8-39(52)45-40(36)53/h5-6,19-21,24,27,36H,7-18,22-23,25-26H2,1-4H3,(H,44,56)(H,45,52,53). The molecule has 308 valence electrons. The number of amides is 5. The van der Waals surface area contributed by atoms with Gasteiger partial charge in [0.1, 0.15) is 17.5 Å². The molecule has 5 amide bonds. The molecule has 0 bridgehead atoms. The van der Waals surface area contributed by atoms with Crippen molar-refractivity contribution in [3.8, 4) is 22.6 Å². The molecule has 3 saturated heterocycles. The number of methoxy groups -OCH3 is 2. The highest BCUT2D eigenvalue weighted by Crippen LogP contribution is 2.39. The lowest BCUT2D eigenvalue weighted by Crippen LogP contribution is -2.52. The number of aromatic nitrogens is 1. The zero-order valence-electron chi connectivity index (χ0n) is 34.0. The van der Waals surface area contributed by atoms with E-state index in [0.717, 1.165) is 104 Å². The van der Waals surface area contributed by atoms with Crippen LogP contribution >= 0.6 is 0 Å². The fourth-order valence-corrected chi connectivity index (χ4v) is 9.51. The van der Waals surface area contributed by atoms with Crippen LogP contribution in [0.15, 0.2) is 41.3 Å². The maximum absolute atomic E-state index is 13.4. The summed E-state index contributed by atoms with van der Waals surface area (Å²) >= 11 is 0. The average Bonchev–Trinajstić information content (AvgIpc) is 3.57. The molecule has 6 heterocycles. The number of rotatable bonds is 9. The summed E-state index contributed by atoms with van der Waals surface area (Å²) in [6, 6.07) is 9.39. The van der Waals surface area contributed by atoms with Crippen LogP contribution in [0.4, 0.5) is 10.5 Å². The summed E-state index contributed by atoms with van der Waals surface area (Å²) in [6.45, 7) is 8.64. The minimum atomic E-state index is -0.604. The molecule has 3 fully saturated rings. The average molecular weight is 795 g/mol. The number of aryl methyl sites for hydroxylation is 1. The minimum absolute atomic E-state index is 0.0935. The van der Waals surface area contributed by atoms with Crippen molar-refractivity contribution < 1.29 is 28.7 Å². The number of ether oxygens (including phenoxy) is 2. The van der Waals surface area contributed by atoms with Crippen LogP contribution < -0.4 is 30.6 Å². The number of urea groups is 1. The Bertz CT molecular complexity index is 2150. The second-order valence-electron chi connectivity index (χ2n) is 16.3. The fraction of sp³-hybridized carbons (Fsp3) is 0.512. The summed E-state index contributed by atoms with van der Waals surface area (Å²) in [7, 11) is 6.72. The number of benzene rings is 2. The van der Waals surface area contributed by atoms with Gasteiger partial charge in [0.2, 0.25) is 11.8 Å². The van der Waals surface area contributed by atoms with Crippen molar-refractivity contribution in [3.05, 3.63) is 74.7 Å². The third-order valence-corrected chi connectivity index (χ3v) is 12.8. The molecule has 8 rings (SSSR count). The largest absolute Gasteiger partial charge is 0.496 e. The number of anilines is 1. The van der Waals surface area contributed by atoms with E-state index in [9.17, 15) is 24.0 Å². The predicted molar refractivity (Wildman–Crippen MR) is 218 cm³/mol. The number of nitrogens with zero attached hydrogens (tertiary/aromatic N) is 6. The molecular weight excluding hydrogens is 741 g/mol. The zero-order valence-corrected chi connectivity index (χ0v) is 34.0. The lowest BCUT2D eigenvalue weighted by atomic mass is 9.91. The summed E-state index contributed by atoms with van der Waals surface area (Å²) in [5.74, 6) is 1.29. The molecule has 15 nitrogen and oxygen atoms in total. The van der Waals surface area contributed by atoms with Crippen molar-refractivity contribution in [1.29, 1.82) is 0 Å². The van der Waals surface area contributed by atoms with E-state index in [0.29, 0.717) is 49.5 Å². The monoisotopic (exact) mass is 794 g/mol. The van der Waals surface area contributed by atoms with E-state index in [4.69, 9.17) is 9.47 Å². The van der Waals surface area contributed by atoms with Crippen molar-refractivity contribution in [2.75, 3.05) is 78.5 Å². The van der Waals surface area contributed by atoms with Crippen LogP contribution in [-0.2, 0) is 42.7 Å². The Balaban J connectivity index is 0.858. The molecule has 5 aliphatic heterocycles. The van der Waals surface area contributed by atoms with Gasteiger partial charge in [-0.3, -0.25) is 29.4 Å². The lowest BCUT2D eigenvalue weighted by Gasteiger charge is -2.39. The second kappa shape index (κ2) is 16.5. The van der Waals surface area contributed by atoms with Gasteiger partial charge < -0.3 is 39.0 Å². The lowest BCUT2D eigenvalue weighted by molar-refractivity contribution is -0.136. The highest BCUT2D eigenvalue weighted by Gasteiger charge is 2.39. The van der Waals surface area contributed by atoms with Gasteiger partial charge in [-0.05, 0) is 72.6 Å². The molecule has 0 radical (unpaired) electrons. The molecule has 5 aliphatic rings. The van der Waals surface area contributed by atoms with Crippen LogP contribution in [0, 0.1) is 5.92 Å². The van der Waals surface area contributed by atoms with Crippen LogP contribution in [-0.4, -0.2) is 128 Å². The first-order valence-corrected chi connectivity index (χ1v) is 20.5. The summed E-state index contributed by atoms with van der Waals surface area (Å²) in [6.07, 6.45) is 5.24. The topological polar surface area (TPSA) is 149 Å². The Morgan fingerprint density at radius 2 is 1.53 bits per heavy atom. The number of fused-ring (bicyclic) bond motifs is 2. The number of nitrogens with one attached hydrogen (secondary N) is 2. The highest BCUT2D eigenvalue weighted by atomic mass is 16.5. The van der Waals surface area contributed by atoms with Gasteiger partial charge in [0.15, 0.2) is 0 Å². The molecule has 3 aromatic rings. The molecule has 58 heavy (non-hydrogen) atoms. The zero-order chi connectivity index (χ0) is 40.7. The Morgan fingerprint density at radius 3 is 2.21 bits per heavy atom. The molecule has 0 aliphatic carbocycles. The summed E-state index contributed by atoms with van der Waals surface area (Å²) < 4.78 is 13.6. The molecule has 1 atom stereocenters. The van der Waals surface area contributed by atoms with Gasteiger partial charge in [0.25, 0.3) is 11.5 Å². The summed E-state index contributed by atoms with van der Waals surface area (Å²) in [5.41, 5.74) is 6.99. The first-order chi connectivity index (χ1) is 28.0. The number of piperazine rings is 1. The van der Waals surface area contributed by atoms with Gasteiger partial charge in [-0.1, -0.05) is 6.07 Å². The van der Waals surface area contributed by atoms with Gasteiger partial charge in [-0.25, -0.2) is 4.79 Å². The van der Waals surface area contributed by atoms with E-state index in [1.165, 1.54) is 0 Å². The van der Waals surface area contributed by atoms with Crippen LogP contribution in [0.25, 0.3) is 11.1 Å². The summed E-state index contributed by atoms with van der Waals surface area (Å²) in [5, 5.41) is 5.05. The molecule has 2 aromatic carbocycles. The SMILES string of the molecule is CNC(=O)N1CCc2c(-c3cc(OC)c(CN4CCN(CC5CCN(c6ccc7c(c6)C(=O)N(C6CCC(=O)NC6=O)C7)CC5)CC4)c(OC)c3)cn(C)c(=O)c2C1. The van der Waals surface area contributed by atoms with E-state index < -0.39 is 6.04 Å². The van der Waals surface area contributed by atoms with Gasteiger partial charge >= 0.3 is 6.03 Å². The van der Waals surface area contributed by atoms with Gasteiger partial charge in [-0.15, -0.1) is 0 Å². The molecule has 1 unspecified atom stereocenters. The minimum Gasteiger partial charge on any atom is -0.496 e. The Hall–Kier alpha value is -5.41. The first-order valence-electron chi connectivity index (χ1n) is 20.5. The highest BCUT2D eigenvalue weighted by molar-refractivity contribution is 6.05. The van der Waals surface area contributed by atoms with Gasteiger partial charge in [-0.2, -0.15) is 0 Å². The molecule has 15 heteroatoms. The van der Waals surface area contributed by atoms with Crippen molar-refractivity contribution in [3.63, 3.8) is 0 Å². The maximum atomic E-state index is 13.4. The number of carbonyl (C=O) groups excluding carboxylic acids is 4. The predicted octanol–water partition coefficient (Wildman–Crippen LogP) is 2.56. The van der Waals surface area contributed by atoms with E-state index in [2.05, 4.69) is 31.4 Å². The van der Waals surface area contributed by atoms with Crippen molar-refractivity contribution in [2.24, 2.45) is 13.0 Å². The van der Waals surface area contributed by atoms with E-state index >= 15 is 0 Å². The van der Waals surface area contributed by atoms with Crippen LogP contribution in [0.5, 0.6) is 11.5 Å². The van der Waals surface area contributed by atoms with Crippen LogP contribution in [0.2, 0.25) is 0 Å². The molecule has 0 saturated carbocycles. The number of hydrogen-bond donors (Lipinski definition) is 2. The number of pyridine rings is 1. The normalized spacial score (nSPS) is 20.5. The number of imide groups is 1. The molecule has 1 aromatic heterocycles. The Labute approximate surface area is 338 Å². The Morgan fingerprint density at radius 1 is 0.828 bits per heavy atom. The quantitative estimate of drug-likeness (QED) is 0.310.